The molecule has 9 heteroatoms. The van der Waals surface area contributed by atoms with Crippen LogP contribution in [0.25, 0.3) is 0 Å². The summed E-state index contributed by atoms with van der Waals surface area (Å²) in [6, 6.07) is 0. The molecule has 1 aliphatic heterocycles. The number of hydrogen-bond acceptors (Lipinski definition) is 6. The van der Waals surface area contributed by atoms with Gasteiger partial charge in [0.15, 0.2) is 0 Å². The maximum Gasteiger partial charge on any atom is 0.407 e. The Morgan fingerprint density at radius 1 is 1.36 bits per heavy atom. The van der Waals surface area contributed by atoms with Crippen molar-refractivity contribution in [2.24, 2.45) is 5.92 Å². The Bertz CT molecular complexity index is 545. The fourth-order valence-electron chi connectivity index (χ4n) is 2.61. The van der Waals surface area contributed by atoms with Crippen molar-refractivity contribution in [2.75, 3.05) is 40.5 Å². The van der Waals surface area contributed by atoms with Gasteiger partial charge in [-0.3, -0.25) is 10.4 Å². The van der Waals surface area contributed by atoms with Crippen LogP contribution in [-0.2, 0) is 14.2 Å². The van der Waals surface area contributed by atoms with Gasteiger partial charge in [0.1, 0.15) is 17.7 Å². The molecule has 0 radical (unpaired) electrons. The number of rotatable bonds is 8. The number of nitrogens with zero attached hydrogens (tertiary/aromatic N) is 2. The molecule has 162 valence electrons. The lowest BCUT2D eigenvalue weighted by atomic mass is 9.99. The monoisotopic (exact) mass is 402 g/mol. The lowest BCUT2D eigenvalue weighted by molar-refractivity contribution is -0.0998. The zero-order chi connectivity index (χ0) is 21.3. The molecule has 1 amide bonds. The standard InChI is InChI=1S/C19H35FN4O4/c1-14(23(5)24(6)17(21)16-7-9-26-10-8-16)27-13-15(11-20)12-22-18(25)28-19(2,3)4/h11,14,16,21H,7-10,12-13H2,1-6H3,(H,22,25)/b15-11+,21-17?. The maximum atomic E-state index is 13.1. The molecule has 28 heavy (non-hydrogen) atoms. The third-order valence-electron chi connectivity index (χ3n) is 4.48. The number of alkyl carbamates (subject to hydrolysis) is 1. The fourth-order valence-corrected chi connectivity index (χ4v) is 2.61. The molecule has 1 unspecified atom stereocenters. The van der Waals surface area contributed by atoms with Gasteiger partial charge in [0, 0.05) is 45.3 Å². The van der Waals surface area contributed by atoms with E-state index in [2.05, 4.69) is 5.32 Å². The van der Waals surface area contributed by atoms with Gasteiger partial charge in [-0.05, 0) is 40.5 Å². The van der Waals surface area contributed by atoms with Gasteiger partial charge in [0.2, 0.25) is 0 Å². The SMILES string of the molecule is CC(OC/C(=C/F)CNC(=O)OC(C)(C)C)N(C)N(C)C(=N)C1CCOCC1. The average Bonchev–Trinajstić information content (AvgIpc) is 2.65. The molecule has 0 aromatic heterocycles. The summed E-state index contributed by atoms with van der Waals surface area (Å²) in [5, 5.41) is 14.4. The summed E-state index contributed by atoms with van der Waals surface area (Å²) in [7, 11) is 3.63. The molecule has 1 atom stereocenters. The van der Waals surface area contributed by atoms with E-state index in [0.717, 1.165) is 12.8 Å². The van der Waals surface area contributed by atoms with E-state index >= 15 is 0 Å². The third-order valence-corrected chi connectivity index (χ3v) is 4.48. The second-order valence-electron chi connectivity index (χ2n) is 7.90. The summed E-state index contributed by atoms with van der Waals surface area (Å²) in [4.78, 5) is 11.7. The van der Waals surface area contributed by atoms with Crippen molar-refractivity contribution in [1.82, 2.24) is 15.3 Å². The second-order valence-corrected chi connectivity index (χ2v) is 7.90. The molecule has 0 bridgehead atoms. The first-order valence-electron chi connectivity index (χ1n) is 9.54. The van der Waals surface area contributed by atoms with Crippen molar-refractivity contribution in [2.45, 2.75) is 52.4 Å². The molecule has 1 heterocycles. The third kappa shape index (κ3) is 8.53. The van der Waals surface area contributed by atoms with E-state index in [9.17, 15) is 9.18 Å². The van der Waals surface area contributed by atoms with Crippen molar-refractivity contribution >= 4 is 11.9 Å². The fraction of sp³-hybridized carbons (Fsp3) is 0.789. The van der Waals surface area contributed by atoms with Crippen LogP contribution in [0, 0.1) is 11.3 Å². The van der Waals surface area contributed by atoms with Crippen LogP contribution >= 0.6 is 0 Å². The Morgan fingerprint density at radius 3 is 2.50 bits per heavy atom. The Morgan fingerprint density at radius 2 is 1.96 bits per heavy atom. The van der Waals surface area contributed by atoms with E-state index in [1.807, 2.05) is 21.0 Å². The Kier molecular flexibility index (Phi) is 9.84. The summed E-state index contributed by atoms with van der Waals surface area (Å²) >= 11 is 0. The summed E-state index contributed by atoms with van der Waals surface area (Å²) in [6.45, 7) is 8.45. The minimum Gasteiger partial charge on any atom is -0.444 e. The van der Waals surface area contributed by atoms with Crippen LogP contribution in [0.15, 0.2) is 11.9 Å². The highest BCUT2D eigenvalue weighted by Gasteiger charge is 2.25. The molecule has 0 aromatic rings. The number of carbonyl (C=O) groups excluding carboxylic acids is 1. The Balaban J connectivity index is 2.44. The number of ether oxygens (including phenoxy) is 3. The Labute approximate surface area is 167 Å². The highest BCUT2D eigenvalue weighted by atomic mass is 19.1. The largest absolute Gasteiger partial charge is 0.444 e. The van der Waals surface area contributed by atoms with Crippen LogP contribution in [0.4, 0.5) is 9.18 Å². The molecular weight excluding hydrogens is 367 g/mol. The van der Waals surface area contributed by atoms with Gasteiger partial charge >= 0.3 is 6.09 Å². The van der Waals surface area contributed by atoms with Gasteiger partial charge in [0.25, 0.3) is 0 Å². The molecule has 0 spiro atoms. The number of carbonyl (C=O) groups is 1. The zero-order valence-electron chi connectivity index (χ0n) is 17.9. The number of nitrogens with one attached hydrogen (secondary N) is 2. The van der Waals surface area contributed by atoms with Crippen LogP contribution in [0.2, 0.25) is 0 Å². The van der Waals surface area contributed by atoms with Crippen LogP contribution in [0.1, 0.15) is 40.5 Å². The maximum absolute atomic E-state index is 13.1. The lowest BCUT2D eigenvalue weighted by Crippen LogP contribution is -2.49. The highest BCUT2D eigenvalue weighted by molar-refractivity contribution is 5.81. The number of amides is 1. The Hall–Kier alpha value is -1.71. The van der Waals surface area contributed by atoms with Crippen molar-refractivity contribution < 1.29 is 23.4 Å². The first kappa shape index (κ1) is 24.3. The number of halogens is 1. The van der Waals surface area contributed by atoms with E-state index in [1.54, 1.807) is 30.8 Å². The van der Waals surface area contributed by atoms with Crippen LogP contribution in [0.5, 0.6) is 0 Å². The molecule has 8 nitrogen and oxygen atoms in total. The quantitative estimate of drug-likeness (QED) is 0.281. The zero-order valence-corrected chi connectivity index (χ0v) is 17.9. The van der Waals surface area contributed by atoms with Gasteiger partial charge in [-0.25, -0.2) is 9.18 Å². The highest BCUT2D eigenvalue weighted by Crippen LogP contribution is 2.18. The predicted molar refractivity (Wildman–Crippen MR) is 106 cm³/mol. The summed E-state index contributed by atoms with van der Waals surface area (Å²) in [5.74, 6) is 0.668. The van der Waals surface area contributed by atoms with Crippen LogP contribution in [0.3, 0.4) is 0 Å². The molecule has 1 saturated heterocycles. The molecule has 0 aliphatic carbocycles. The van der Waals surface area contributed by atoms with Gasteiger partial charge < -0.3 is 19.5 Å². The van der Waals surface area contributed by atoms with Crippen LogP contribution in [-0.4, -0.2) is 74.2 Å². The van der Waals surface area contributed by atoms with E-state index in [-0.39, 0.29) is 30.9 Å². The number of hydrogen-bond donors (Lipinski definition) is 2. The van der Waals surface area contributed by atoms with E-state index in [4.69, 9.17) is 19.6 Å². The lowest BCUT2D eigenvalue weighted by Gasteiger charge is -2.38. The topological polar surface area (TPSA) is 87.1 Å². The van der Waals surface area contributed by atoms with Crippen molar-refractivity contribution in [1.29, 1.82) is 5.41 Å². The molecule has 1 rings (SSSR count). The summed E-state index contributed by atoms with van der Waals surface area (Å²) in [6.07, 6.45) is 1.09. The number of amidine groups is 1. The minimum atomic E-state index is -0.614. The molecule has 0 saturated carbocycles. The molecule has 0 aromatic carbocycles. The van der Waals surface area contributed by atoms with Gasteiger partial charge in [0.05, 0.1) is 12.9 Å². The van der Waals surface area contributed by atoms with Gasteiger partial charge in [-0.1, -0.05) is 0 Å². The average molecular weight is 403 g/mol. The normalized spacial score (nSPS) is 17.4. The summed E-state index contributed by atoms with van der Waals surface area (Å²) < 4.78 is 29.3. The van der Waals surface area contributed by atoms with Crippen molar-refractivity contribution in [3.63, 3.8) is 0 Å². The van der Waals surface area contributed by atoms with E-state index < -0.39 is 11.7 Å². The number of hydrazine groups is 1. The first-order chi connectivity index (χ1) is 13.0. The molecule has 1 fully saturated rings. The minimum absolute atomic E-state index is 0.00438. The van der Waals surface area contributed by atoms with Gasteiger partial charge in [-0.15, -0.1) is 0 Å². The first-order valence-corrected chi connectivity index (χ1v) is 9.54. The smallest absolute Gasteiger partial charge is 0.407 e. The van der Waals surface area contributed by atoms with Gasteiger partial charge in [-0.2, -0.15) is 5.01 Å². The summed E-state index contributed by atoms with van der Waals surface area (Å²) in [5.41, 5.74) is -0.329. The van der Waals surface area contributed by atoms with Crippen LogP contribution < -0.4 is 5.32 Å². The van der Waals surface area contributed by atoms with E-state index in [0.29, 0.717) is 25.4 Å². The predicted octanol–water partition coefficient (Wildman–Crippen LogP) is 2.91. The molecule has 2 N–H and O–H groups in total. The van der Waals surface area contributed by atoms with Crippen molar-refractivity contribution in [3.8, 4) is 0 Å². The molecule has 1 aliphatic rings. The van der Waals surface area contributed by atoms with E-state index in [1.165, 1.54) is 0 Å². The molecular formula is C19H35FN4O4. The second kappa shape index (κ2) is 11.3. The van der Waals surface area contributed by atoms with Crippen molar-refractivity contribution in [3.05, 3.63) is 11.9 Å².